The predicted molar refractivity (Wildman–Crippen MR) is 119 cm³/mol. The van der Waals surface area contributed by atoms with Crippen molar-refractivity contribution >= 4 is 23.6 Å². The van der Waals surface area contributed by atoms with E-state index in [-0.39, 0.29) is 17.2 Å². The quantitative estimate of drug-likeness (QED) is 0.712. The fourth-order valence-corrected chi connectivity index (χ4v) is 3.41. The summed E-state index contributed by atoms with van der Waals surface area (Å²) < 4.78 is 33.4. The molecule has 0 saturated carbocycles. The Morgan fingerprint density at radius 1 is 0.939 bits per heavy atom. The second kappa shape index (κ2) is 9.97. The first kappa shape index (κ1) is 24.2. The average Bonchev–Trinajstić information content (AvgIpc) is 2.74. The Kier molecular flexibility index (Phi) is 7.30. The molecule has 0 unspecified atom stereocenters. The van der Waals surface area contributed by atoms with Gasteiger partial charge in [-0.3, -0.25) is 9.59 Å². The Bertz CT molecular complexity index is 1030. The number of hydrogen-bond acceptors (Lipinski definition) is 4. The number of nitrogens with zero attached hydrogens (tertiary/aromatic N) is 1. The van der Waals surface area contributed by atoms with Gasteiger partial charge < -0.3 is 20.3 Å². The second-order valence-corrected chi connectivity index (χ2v) is 8.84. The number of piperidine rings is 1. The SMILES string of the molecule is CC(C)(C)OC(=O)N1CCC(NC(=O)c2cccc(C(=O)Nc3ccc(F)cc3)c2F)CC1. The summed E-state index contributed by atoms with van der Waals surface area (Å²) in [4.78, 5) is 38.9. The molecule has 33 heavy (non-hydrogen) atoms. The van der Waals surface area contributed by atoms with Gasteiger partial charge >= 0.3 is 6.09 Å². The van der Waals surface area contributed by atoms with Crippen LogP contribution in [0.4, 0.5) is 19.3 Å². The van der Waals surface area contributed by atoms with E-state index in [2.05, 4.69) is 10.6 Å². The Morgan fingerprint density at radius 2 is 1.52 bits per heavy atom. The normalized spacial score (nSPS) is 14.5. The minimum Gasteiger partial charge on any atom is -0.444 e. The van der Waals surface area contributed by atoms with Crippen LogP contribution in [-0.2, 0) is 4.74 Å². The van der Waals surface area contributed by atoms with E-state index in [1.54, 1.807) is 25.7 Å². The maximum absolute atomic E-state index is 15.0. The number of hydrogen-bond donors (Lipinski definition) is 2. The zero-order valence-corrected chi connectivity index (χ0v) is 18.8. The molecule has 2 N–H and O–H groups in total. The summed E-state index contributed by atoms with van der Waals surface area (Å²) >= 11 is 0. The van der Waals surface area contributed by atoms with Crippen molar-refractivity contribution in [2.75, 3.05) is 18.4 Å². The number of carbonyl (C=O) groups excluding carboxylic acids is 3. The highest BCUT2D eigenvalue weighted by molar-refractivity contribution is 6.06. The van der Waals surface area contributed by atoms with Crippen LogP contribution in [0.2, 0.25) is 0 Å². The lowest BCUT2D eigenvalue weighted by atomic mass is 10.0. The van der Waals surface area contributed by atoms with E-state index in [1.807, 2.05) is 0 Å². The summed E-state index contributed by atoms with van der Waals surface area (Å²) in [7, 11) is 0. The van der Waals surface area contributed by atoms with Crippen molar-refractivity contribution in [3.05, 3.63) is 65.2 Å². The van der Waals surface area contributed by atoms with E-state index in [4.69, 9.17) is 4.74 Å². The van der Waals surface area contributed by atoms with Crippen molar-refractivity contribution in [1.29, 1.82) is 0 Å². The van der Waals surface area contributed by atoms with Gasteiger partial charge in [0.05, 0.1) is 11.1 Å². The second-order valence-electron chi connectivity index (χ2n) is 8.84. The molecule has 0 radical (unpaired) electrons. The molecule has 1 heterocycles. The van der Waals surface area contributed by atoms with Crippen LogP contribution < -0.4 is 10.6 Å². The summed E-state index contributed by atoms with van der Waals surface area (Å²) in [5.74, 6) is -2.80. The van der Waals surface area contributed by atoms with E-state index >= 15 is 0 Å². The average molecular weight is 459 g/mol. The molecule has 0 spiro atoms. The first-order valence-electron chi connectivity index (χ1n) is 10.7. The number of nitrogens with one attached hydrogen (secondary N) is 2. The summed E-state index contributed by atoms with van der Waals surface area (Å²) in [6, 6.07) is 8.79. The third kappa shape index (κ3) is 6.50. The number of benzene rings is 2. The van der Waals surface area contributed by atoms with Gasteiger partial charge in [-0.2, -0.15) is 0 Å². The number of rotatable bonds is 4. The van der Waals surface area contributed by atoms with Crippen molar-refractivity contribution < 1.29 is 27.9 Å². The molecule has 1 aliphatic heterocycles. The van der Waals surface area contributed by atoms with Crippen LogP contribution in [0.25, 0.3) is 0 Å². The van der Waals surface area contributed by atoms with Gasteiger partial charge in [-0.25, -0.2) is 13.6 Å². The lowest BCUT2D eigenvalue weighted by Gasteiger charge is -2.33. The third-order valence-corrected chi connectivity index (χ3v) is 5.07. The van der Waals surface area contributed by atoms with Crippen LogP contribution in [0, 0.1) is 11.6 Å². The minimum absolute atomic E-state index is 0.243. The largest absolute Gasteiger partial charge is 0.444 e. The van der Waals surface area contributed by atoms with Crippen LogP contribution in [0.1, 0.15) is 54.3 Å². The highest BCUT2D eigenvalue weighted by atomic mass is 19.1. The van der Waals surface area contributed by atoms with E-state index in [1.165, 1.54) is 42.5 Å². The fourth-order valence-electron chi connectivity index (χ4n) is 3.41. The maximum atomic E-state index is 15.0. The Labute approximate surface area is 191 Å². The Hall–Kier alpha value is -3.49. The number of ether oxygens (including phenoxy) is 1. The van der Waals surface area contributed by atoms with Gasteiger partial charge in [0.15, 0.2) is 0 Å². The van der Waals surface area contributed by atoms with Crippen molar-refractivity contribution in [2.24, 2.45) is 0 Å². The monoisotopic (exact) mass is 459 g/mol. The molecule has 0 atom stereocenters. The Balaban J connectivity index is 1.60. The molecule has 3 rings (SSSR count). The van der Waals surface area contributed by atoms with Crippen molar-refractivity contribution in [2.45, 2.75) is 45.3 Å². The summed E-state index contributed by atoms with van der Waals surface area (Å²) in [6.45, 7) is 6.19. The molecule has 0 aromatic heterocycles. The maximum Gasteiger partial charge on any atom is 0.410 e. The molecule has 2 aromatic rings. The van der Waals surface area contributed by atoms with E-state index in [9.17, 15) is 23.2 Å². The van der Waals surface area contributed by atoms with Crippen LogP contribution >= 0.6 is 0 Å². The molecule has 1 fully saturated rings. The number of amides is 3. The van der Waals surface area contributed by atoms with Gasteiger partial charge in [-0.1, -0.05) is 6.07 Å². The molecule has 1 aliphatic rings. The third-order valence-electron chi connectivity index (χ3n) is 5.07. The van der Waals surface area contributed by atoms with Crippen molar-refractivity contribution in [3.63, 3.8) is 0 Å². The fraction of sp³-hybridized carbons (Fsp3) is 0.375. The number of carbonyl (C=O) groups is 3. The zero-order chi connectivity index (χ0) is 24.2. The predicted octanol–water partition coefficient (Wildman–Crippen LogP) is 4.35. The van der Waals surface area contributed by atoms with E-state index in [0.29, 0.717) is 31.6 Å². The van der Waals surface area contributed by atoms with Crippen LogP contribution in [0.3, 0.4) is 0 Å². The molecular formula is C24H27F2N3O4. The molecule has 7 nitrogen and oxygen atoms in total. The zero-order valence-electron chi connectivity index (χ0n) is 18.8. The standard InChI is InChI=1S/C24H27F2N3O4/c1-24(2,3)33-23(32)29-13-11-17(12-14-29)28-22(31)19-6-4-5-18(20(19)26)21(30)27-16-9-7-15(25)8-10-16/h4-10,17H,11-14H2,1-3H3,(H,27,30)(H,28,31). The highest BCUT2D eigenvalue weighted by Gasteiger charge is 2.28. The smallest absolute Gasteiger partial charge is 0.410 e. The first-order valence-corrected chi connectivity index (χ1v) is 10.7. The summed E-state index contributed by atoms with van der Waals surface area (Å²) in [5.41, 5.74) is -0.844. The summed E-state index contributed by atoms with van der Waals surface area (Å²) in [6.07, 6.45) is 0.590. The summed E-state index contributed by atoms with van der Waals surface area (Å²) in [5, 5.41) is 5.25. The topological polar surface area (TPSA) is 87.7 Å². The van der Waals surface area contributed by atoms with Crippen LogP contribution in [0.5, 0.6) is 0 Å². The molecule has 0 aliphatic carbocycles. The molecule has 176 valence electrons. The molecule has 2 aromatic carbocycles. The van der Waals surface area contributed by atoms with Gasteiger partial charge in [0.1, 0.15) is 17.2 Å². The lowest BCUT2D eigenvalue weighted by molar-refractivity contribution is 0.0199. The van der Waals surface area contributed by atoms with Crippen molar-refractivity contribution in [3.8, 4) is 0 Å². The molecule has 0 bridgehead atoms. The molecule has 1 saturated heterocycles. The van der Waals surface area contributed by atoms with Gasteiger partial charge in [-0.05, 0) is 70.0 Å². The van der Waals surface area contributed by atoms with Gasteiger partial charge in [0.2, 0.25) is 0 Å². The molecular weight excluding hydrogens is 432 g/mol. The van der Waals surface area contributed by atoms with E-state index in [0.717, 1.165) is 0 Å². The van der Waals surface area contributed by atoms with E-state index < -0.39 is 35.1 Å². The lowest BCUT2D eigenvalue weighted by Crippen LogP contribution is -2.47. The number of likely N-dealkylation sites (tertiary alicyclic amines) is 1. The molecule has 9 heteroatoms. The van der Waals surface area contributed by atoms with Crippen LogP contribution in [0.15, 0.2) is 42.5 Å². The van der Waals surface area contributed by atoms with Gasteiger partial charge in [0, 0.05) is 24.8 Å². The van der Waals surface area contributed by atoms with Gasteiger partial charge in [0.25, 0.3) is 11.8 Å². The highest BCUT2D eigenvalue weighted by Crippen LogP contribution is 2.19. The van der Waals surface area contributed by atoms with Gasteiger partial charge in [-0.15, -0.1) is 0 Å². The minimum atomic E-state index is -0.944. The van der Waals surface area contributed by atoms with Crippen molar-refractivity contribution in [1.82, 2.24) is 10.2 Å². The Morgan fingerprint density at radius 3 is 2.09 bits per heavy atom. The van der Waals surface area contributed by atoms with Crippen LogP contribution in [-0.4, -0.2) is 47.5 Å². The molecule has 3 amide bonds. The number of anilines is 1. The number of halogens is 2. The first-order chi connectivity index (χ1) is 15.5.